The number of hydrogen-bond donors (Lipinski definition) is 0. The number of hydrogen-bond acceptors (Lipinski definition) is 0. The van der Waals surface area contributed by atoms with E-state index in [1.165, 1.54) is 21.5 Å². The van der Waals surface area contributed by atoms with Crippen LogP contribution in [0.3, 0.4) is 0 Å². The van der Waals surface area contributed by atoms with E-state index in [0.29, 0.717) is 0 Å². The Kier molecular flexibility index (Phi) is 5.80. The molecular formula is C27H25P. The minimum atomic E-state index is -2.16. The van der Waals surface area contributed by atoms with Gasteiger partial charge in [0.05, 0.1) is 0 Å². The number of rotatable bonds is 6. The van der Waals surface area contributed by atoms with E-state index in [-0.39, 0.29) is 0 Å². The molecule has 0 aliphatic heterocycles. The van der Waals surface area contributed by atoms with Gasteiger partial charge >= 0.3 is 168 Å². The van der Waals surface area contributed by atoms with Crippen molar-refractivity contribution < 1.29 is 0 Å². The maximum atomic E-state index is 2.37. The van der Waals surface area contributed by atoms with Crippen LogP contribution in [0.15, 0.2) is 127 Å². The van der Waals surface area contributed by atoms with E-state index in [1.807, 2.05) is 0 Å². The fourth-order valence-corrected chi connectivity index (χ4v) is 8.42. The molecule has 0 heterocycles. The van der Waals surface area contributed by atoms with Crippen LogP contribution in [0.1, 0.15) is 5.56 Å². The fraction of sp³-hybridized carbons (Fsp3) is 0.0370. The first-order valence-corrected chi connectivity index (χ1v) is 12.0. The normalized spacial score (nSPS) is 12.1. The Morgan fingerprint density at radius 1 is 0.464 bits per heavy atom. The van der Waals surface area contributed by atoms with E-state index in [1.54, 1.807) is 0 Å². The Hall–Kier alpha value is -2.95. The molecule has 0 aliphatic carbocycles. The summed E-state index contributed by atoms with van der Waals surface area (Å²) < 4.78 is 0. The van der Waals surface area contributed by atoms with Gasteiger partial charge in [-0.25, -0.2) is 0 Å². The molecule has 1 heteroatoms. The van der Waals surface area contributed by atoms with Gasteiger partial charge in [-0.15, -0.1) is 0 Å². The number of benzene rings is 4. The van der Waals surface area contributed by atoms with Gasteiger partial charge in [0.15, 0.2) is 0 Å². The molecule has 4 aromatic rings. The van der Waals surface area contributed by atoms with Crippen LogP contribution in [-0.2, 0) is 0 Å². The summed E-state index contributed by atoms with van der Waals surface area (Å²) in [4.78, 5) is 0. The standard InChI is InChI=1S/C27H25P/c1-5-14-24(15-6-1)16-13-23-28(25-17-7-2-8-18-25,26-19-9-3-10-20-26)27-21-11-4-12-22-27/h1-22,28H,23H2. The van der Waals surface area contributed by atoms with Crippen molar-refractivity contribution in [3.8, 4) is 0 Å². The molecule has 0 unspecified atom stereocenters. The molecule has 0 nitrogen and oxygen atoms in total. The van der Waals surface area contributed by atoms with Gasteiger partial charge in [0.1, 0.15) is 0 Å². The average molecular weight is 380 g/mol. The van der Waals surface area contributed by atoms with Gasteiger partial charge in [-0.3, -0.25) is 0 Å². The molecule has 0 radical (unpaired) electrons. The zero-order valence-corrected chi connectivity index (χ0v) is 16.9. The molecule has 0 atom stereocenters. The molecule has 0 saturated carbocycles. The molecule has 0 fully saturated rings. The third kappa shape index (κ3) is 3.84. The SMILES string of the molecule is C(=Cc1ccccc1)C[PH](c1ccccc1)(c1ccccc1)c1ccccc1. The van der Waals surface area contributed by atoms with Crippen LogP contribution in [0.25, 0.3) is 6.08 Å². The third-order valence-corrected chi connectivity index (χ3v) is 10.1. The van der Waals surface area contributed by atoms with Crippen LogP contribution in [-0.4, -0.2) is 6.16 Å². The summed E-state index contributed by atoms with van der Waals surface area (Å²) in [5.41, 5.74) is 1.25. The molecule has 4 rings (SSSR count). The van der Waals surface area contributed by atoms with Crippen molar-refractivity contribution in [1.82, 2.24) is 0 Å². The van der Waals surface area contributed by atoms with Crippen LogP contribution in [0, 0.1) is 0 Å². The first-order valence-electron chi connectivity index (χ1n) is 9.78. The molecule has 0 spiro atoms. The average Bonchev–Trinajstić information content (AvgIpc) is 2.79. The summed E-state index contributed by atoms with van der Waals surface area (Å²) in [6.07, 6.45) is 5.66. The third-order valence-electron chi connectivity index (χ3n) is 5.33. The van der Waals surface area contributed by atoms with Crippen molar-refractivity contribution in [2.24, 2.45) is 0 Å². The Bertz CT molecular complexity index is 910. The van der Waals surface area contributed by atoms with Crippen molar-refractivity contribution in [2.75, 3.05) is 6.16 Å². The summed E-state index contributed by atoms with van der Waals surface area (Å²) in [5, 5.41) is 4.35. The van der Waals surface area contributed by atoms with Gasteiger partial charge < -0.3 is 0 Å². The summed E-state index contributed by atoms with van der Waals surface area (Å²) in [6.45, 7) is 0. The molecule has 0 saturated heterocycles. The van der Waals surface area contributed by atoms with Crippen molar-refractivity contribution in [3.05, 3.63) is 133 Å². The first-order chi connectivity index (χ1) is 13.9. The summed E-state index contributed by atoms with van der Waals surface area (Å²) in [5.74, 6) is 0. The zero-order valence-electron chi connectivity index (χ0n) is 15.9. The summed E-state index contributed by atoms with van der Waals surface area (Å²) in [7, 11) is -2.16. The second-order valence-corrected chi connectivity index (χ2v) is 11.0. The van der Waals surface area contributed by atoms with E-state index in [9.17, 15) is 0 Å². The molecule has 0 bridgehead atoms. The zero-order chi connectivity index (χ0) is 19.1. The van der Waals surface area contributed by atoms with E-state index >= 15 is 0 Å². The van der Waals surface area contributed by atoms with Crippen molar-refractivity contribution in [1.29, 1.82) is 0 Å². The van der Waals surface area contributed by atoms with Crippen molar-refractivity contribution in [3.63, 3.8) is 0 Å². The summed E-state index contributed by atoms with van der Waals surface area (Å²) >= 11 is 0. The van der Waals surface area contributed by atoms with Gasteiger partial charge in [-0.1, -0.05) is 0 Å². The molecule has 0 aromatic heterocycles. The Morgan fingerprint density at radius 3 is 1.21 bits per heavy atom. The van der Waals surface area contributed by atoms with Crippen molar-refractivity contribution in [2.45, 2.75) is 0 Å². The van der Waals surface area contributed by atoms with E-state index in [0.717, 1.165) is 6.16 Å². The fourth-order valence-electron chi connectivity index (χ4n) is 3.96. The molecule has 28 heavy (non-hydrogen) atoms. The minimum absolute atomic E-state index is 1.03. The Balaban J connectivity index is 1.87. The Labute approximate surface area is 168 Å². The molecule has 0 N–H and O–H groups in total. The van der Waals surface area contributed by atoms with Gasteiger partial charge in [-0.2, -0.15) is 0 Å². The van der Waals surface area contributed by atoms with Gasteiger partial charge in [0.2, 0.25) is 0 Å². The van der Waals surface area contributed by atoms with E-state index in [2.05, 4.69) is 133 Å². The predicted molar refractivity (Wildman–Crippen MR) is 127 cm³/mol. The van der Waals surface area contributed by atoms with Crippen LogP contribution in [0.5, 0.6) is 0 Å². The first kappa shape index (κ1) is 18.4. The molecule has 138 valence electrons. The molecule has 0 aliphatic rings. The van der Waals surface area contributed by atoms with Gasteiger partial charge in [-0.05, 0) is 0 Å². The molecule has 0 amide bonds. The van der Waals surface area contributed by atoms with Gasteiger partial charge in [0.25, 0.3) is 0 Å². The van der Waals surface area contributed by atoms with Crippen molar-refractivity contribution >= 4 is 29.3 Å². The van der Waals surface area contributed by atoms with E-state index < -0.39 is 7.26 Å². The van der Waals surface area contributed by atoms with Gasteiger partial charge in [0, 0.05) is 0 Å². The van der Waals surface area contributed by atoms with Crippen LogP contribution < -0.4 is 15.9 Å². The maximum absolute atomic E-state index is 2.37. The van der Waals surface area contributed by atoms with E-state index in [4.69, 9.17) is 0 Å². The Morgan fingerprint density at radius 2 is 0.821 bits per heavy atom. The second kappa shape index (κ2) is 8.83. The monoisotopic (exact) mass is 380 g/mol. The van der Waals surface area contributed by atoms with Crippen LogP contribution in [0.2, 0.25) is 0 Å². The molecular weight excluding hydrogens is 355 g/mol. The quantitative estimate of drug-likeness (QED) is 0.392. The van der Waals surface area contributed by atoms with Crippen LogP contribution in [0.4, 0.5) is 0 Å². The topological polar surface area (TPSA) is 0 Å². The predicted octanol–water partition coefficient (Wildman–Crippen LogP) is 5.43. The second-order valence-electron chi connectivity index (χ2n) is 7.02. The summed E-state index contributed by atoms with van der Waals surface area (Å²) in [6, 6.07) is 43.8. The number of allylic oxidation sites excluding steroid dienone is 1. The van der Waals surface area contributed by atoms with Crippen LogP contribution >= 0.6 is 7.26 Å². The molecule has 4 aromatic carbocycles.